The molecule has 0 unspecified atom stereocenters. The number of fused-ring (bicyclic) bond motifs is 2. The highest BCUT2D eigenvalue weighted by Crippen LogP contribution is 2.37. The van der Waals surface area contributed by atoms with Gasteiger partial charge >= 0.3 is 6.18 Å². The quantitative estimate of drug-likeness (QED) is 0.439. The van der Waals surface area contributed by atoms with Gasteiger partial charge in [0.15, 0.2) is 28.5 Å². The summed E-state index contributed by atoms with van der Waals surface area (Å²) in [4.78, 5) is 17.1. The van der Waals surface area contributed by atoms with Crippen molar-refractivity contribution in [2.75, 3.05) is 12.1 Å². The third-order valence-corrected chi connectivity index (χ3v) is 5.33. The number of alkyl halides is 3. The summed E-state index contributed by atoms with van der Waals surface area (Å²) in [6, 6.07) is 15.7. The largest absolute Gasteiger partial charge is 0.454 e. The van der Waals surface area contributed by atoms with Gasteiger partial charge in [-0.3, -0.25) is 4.79 Å². The fourth-order valence-electron chi connectivity index (χ4n) is 3.69. The number of benzene rings is 2. The normalized spacial score (nSPS) is 12.5. The third kappa shape index (κ3) is 4.46. The minimum atomic E-state index is -4.75. The highest BCUT2D eigenvalue weighted by atomic mass is 19.4. The maximum atomic E-state index is 13.9. The molecule has 35 heavy (non-hydrogen) atoms. The number of halogens is 3. The number of hydrogen-bond acceptors (Lipinski definition) is 6. The molecule has 0 saturated carbocycles. The molecule has 0 spiro atoms. The molecule has 3 heterocycles. The second-order valence-corrected chi connectivity index (χ2v) is 7.70. The van der Waals surface area contributed by atoms with Crippen LogP contribution in [0.25, 0.3) is 16.9 Å². The molecule has 5 rings (SSSR count). The Morgan fingerprint density at radius 2 is 1.94 bits per heavy atom. The number of amides is 1. The molecule has 1 N–H and O–H groups in total. The van der Waals surface area contributed by atoms with Crippen molar-refractivity contribution in [2.45, 2.75) is 19.0 Å². The van der Waals surface area contributed by atoms with E-state index >= 15 is 0 Å². The first-order valence-corrected chi connectivity index (χ1v) is 10.5. The van der Waals surface area contributed by atoms with Crippen LogP contribution in [0.5, 0.6) is 11.5 Å². The molecule has 11 heteroatoms. The predicted molar refractivity (Wildman–Crippen MR) is 118 cm³/mol. The minimum Gasteiger partial charge on any atom is -0.454 e. The van der Waals surface area contributed by atoms with Crippen LogP contribution in [0.4, 0.5) is 18.9 Å². The molecule has 0 fully saturated rings. The smallest absolute Gasteiger partial charge is 0.433 e. The third-order valence-electron chi connectivity index (χ3n) is 5.33. The summed E-state index contributed by atoms with van der Waals surface area (Å²) < 4.78 is 52.8. The lowest BCUT2D eigenvalue weighted by Crippen LogP contribution is -2.15. The van der Waals surface area contributed by atoms with Crippen LogP contribution in [0.1, 0.15) is 28.2 Å². The second kappa shape index (κ2) is 8.64. The van der Waals surface area contributed by atoms with E-state index in [-0.39, 0.29) is 23.8 Å². The number of nitrogens with one attached hydrogen (secondary N) is 1. The van der Waals surface area contributed by atoms with Crippen molar-refractivity contribution in [1.29, 1.82) is 5.26 Å². The Morgan fingerprint density at radius 1 is 1.11 bits per heavy atom. The van der Waals surface area contributed by atoms with Gasteiger partial charge in [-0.1, -0.05) is 12.1 Å². The zero-order chi connectivity index (χ0) is 24.6. The number of nitriles is 1. The van der Waals surface area contributed by atoms with Gasteiger partial charge in [0.25, 0.3) is 5.91 Å². The van der Waals surface area contributed by atoms with E-state index in [0.717, 1.165) is 11.6 Å². The lowest BCUT2D eigenvalue weighted by Gasteiger charge is -2.11. The number of aromatic nitrogens is 3. The summed E-state index contributed by atoms with van der Waals surface area (Å²) in [6.45, 7) is 0.0291. The molecule has 1 aliphatic rings. The molecule has 0 bridgehead atoms. The number of nitrogens with zero attached hydrogens (tertiary/aromatic N) is 4. The fraction of sp³-hybridized carbons (Fsp3) is 0.167. The standard InChI is InChI=1S/C24H16F3N5O3/c25-24(26,27)21-11-17(15-6-7-19-20(10-15)35-13-34-19)30-22-12-18(31-32(21)22)23(33)29-16-5-1-3-14(9-16)4-2-8-28/h1,3,5-7,9-12H,2,4,13H2,(H,29,33). The second-order valence-electron chi connectivity index (χ2n) is 7.70. The molecular formula is C24H16F3N5O3. The number of rotatable bonds is 5. The highest BCUT2D eigenvalue weighted by Gasteiger charge is 2.36. The lowest BCUT2D eigenvalue weighted by atomic mass is 10.1. The van der Waals surface area contributed by atoms with Crippen LogP contribution in [-0.2, 0) is 12.6 Å². The van der Waals surface area contributed by atoms with Crippen LogP contribution in [0.15, 0.2) is 54.6 Å². The van der Waals surface area contributed by atoms with E-state index in [9.17, 15) is 18.0 Å². The Hall–Kier alpha value is -4.59. The molecule has 0 atom stereocenters. The maximum absolute atomic E-state index is 13.9. The summed E-state index contributed by atoms with van der Waals surface area (Å²) in [5.74, 6) is 0.208. The molecule has 176 valence electrons. The van der Waals surface area contributed by atoms with Gasteiger partial charge in [-0.25, -0.2) is 9.50 Å². The van der Waals surface area contributed by atoms with E-state index in [1.165, 1.54) is 6.07 Å². The van der Waals surface area contributed by atoms with Gasteiger partial charge < -0.3 is 14.8 Å². The summed E-state index contributed by atoms with van der Waals surface area (Å²) in [5, 5.41) is 15.3. The number of carbonyl (C=O) groups excluding carboxylic acids is 1. The topological polar surface area (TPSA) is 102 Å². The first-order chi connectivity index (χ1) is 16.8. The number of carbonyl (C=O) groups is 1. The van der Waals surface area contributed by atoms with E-state index in [1.54, 1.807) is 36.4 Å². The summed E-state index contributed by atoms with van der Waals surface area (Å²) in [7, 11) is 0. The molecule has 2 aromatic heterocycles. The first kappa shape index (κ1) is 22.2. The Balaban J connectivity index is 1.50. The fourth-order valence-corrected chi connectivity index (χ4v) is 3.69. The van der Waals surface area contributed by atoms with Crippen LogP contribution >= 0.6 is 0 Å². The first-order valence-electron chi connectivity index (χ1n) is 10.5. The van der Waals surface area contributed by atoms with E-state index in [1.807, 2.05) is 6.07 Å². The van der Waals surface area contributed by atoms with E-state index < -0.39 is 17.8 Å². The van der Waals surface area contributed by atoms with Crippen molar-refractivity contribution in [2.24, 2.45) is 0 Å². The number of aryl methyl sites for hydroxylation is 1. The van der Waals surface area contributed by atoms with Crippen LogP contribution in [0, 0.1) is 11.3 Å². The van der Waals surface area contributed by atoms with E-state index in [2.05, 4.69) is 21.5 Å². The van der Waals surface area contributed by atoms with Crippen molar-refractivity contribution >= 4 is 17.2 Å². The van der Waals surface area contributed by atoms with Crippen molar-refractivity contribution in [3.8, 4) is 28.8 Å². The maximum Gasteiger partial charge on any atom is 0.433 e. The predicted octanol–water partition coefficient (Wildman–Crippen LogP) is 4.85. The molecule has 1 aliphatic heterocycles. The summed E-state index contributed by atoms with van der Waals surface area (Å²) >= 11 is 0. The Morgan fingerprint density at radius 3 is 2.74 bits per heavy atom. The van der Waals surface area contributed by atoms with Gasteiger partial charge in [-0.05, 0) is 48.4 Å². The molecule has 0 aliphatic carbocycles. The molecule has 4 aromatic rings. The van der Waals surface area contributed by atoms with Gasteiger partial charge in [0, 0.05) is 23.7 Å². The molecule has 1 amide bonds. The van der Waals surface area contributed by atoms with Crippen LogP contribution in [-0.4, -0.2) is 27.3 Å². The zero-order valence-corrected chi connectivity index (χ0v) is 18.0. The van der Waals surface area contributed by atoms with Gasteiger partial charge in [0.2, 0.25) is 6.79 Å². The number of hydrogen-bond donors (Lipinski definition) is 1. The number of ether oxygens (including phenoxy) is 2. The molecule has 0 radical (unpaired) electrons. The highest BCUT2D eigenvalue weighted by molar-refractivity contribution is 6.03. The SMILES string of the molecule is N#CCCc1cccc(NC(=O)c2cc3nc(-c4ccc5c(c4)OCO5)cc(C(F)(F)F)n3n2)c1. The van der Waals surface area contributed by atoms with Gasteiger partial charge in [0.05, 0.1) is 11.8 Å². The Labute approximate surface area is 196 Å². The van der Waals surface area contributed by atoms with Crippen LogP contribution in [0.3, 0.4) is 0 Å². The van der Waals surface area contributed by atoms with E-state index in [0.29, 0.717) is 40.1 Å². The van der Waals surface area contributed by atoms with Crippen LogP contribution < -0.4 is 14.8 Å². The molecule has 2 aromatic carbocycles. The van der Waals surface area contributed by atoms with E-state index in [4.69, 9.17) is 14.7 Å². The minimum absolute atomic E-state index is 0.0291. The van der Waals surface area contributed by atoms with Crippen LogP contribution in [0.2, 0.25) is 0 Å². The lowest BCUT2D eigenvalue weighted by molar-refractivity contribution is -0.142. The Bertz CT molecular complexity index is 1490. The molecule has 0 saturated heterocycles. The van der Waals surface area contributed by atoms with Crippen molar-refractivity contribution in [3.63, 3.8) is 0 Å². The average Bonchev–Trinajstić information content (AvgIpc) is 3.48. The van der Waals surface area contributed by atoms with Crippen molar-refractivity contribution < 1.29 is 27.4 Å². The Kier molecular flexibility index (Phi) is 5.49. The van der Waals surface area contributed by atoms with Gasteiger partial charge in [0.1, 0.15) is 0 Å². The average molecular weight is 479 g/mol. The van der Waals surface area contributed by atoms with Gasteiger partial charge in [-0.2, -0.15) is 23.5 Å². The number of anilines is 1. The monoisotopic (exact) mass is 479 g/mol. The van der Waals surface area contributed by atoms with Crippen molar-refractivity contribution in [1.82, 2.24) is 14.6 Å². The van der Waals surface area contributed by atoms with Gasteiger partial charge in [-0.15, -0.1) is 0 Å². The molecule has 8 nitrogen and oxygen atoms in total. The summed E-state index contributed by atoms with van der Waals surface area (Å²) in [6.07, 6.45) is -3.92. The summed E-state index contributed by atoms with van der Waals surface area (Å²) in [5.41, 5.74) is 0.270. The zero-order valence-electron chi connectivity index (χ0n) is 18.0. The van der Waals surface area contributed by atoms with Crippen molar-refractivity contribution in [3.05, 3.63) is 71.5 Å². The molecular weight excluding hydrogens is 463 g/mol.